The van der Waals surface area contributed by atoms with Crippen molar-refractivity contribution in [3.05, 3.63) is 46.6 Å². The van der Waals surface area contributed by atoms with Crippen molar-refractivity contribution in [1.82, 2.24) is 19.2 Å². The molecule has 2 aliphatic heterocycles. The Morgan fingerprint density at radius 1 is 1.24 bits per heavy atom. The molecule has 2 bridgehead atoms. The van der Waals surface area contributed by atoms with Crippen molar-refractivity contribution in [2.75, 3.05) is 7.11 Å². The van der Waals surface area contributed by atoms with Gasteiger partial charge in [-0.05, 0) is 31.7 Å². The van der Waals surface area contributed by atoms with Crippen LogP contribution in [0.15, 0.2) is 35.5 Å². The predicted molar refractivity (Wildman–Crippen MR) is 91.7 cm³/mol. The number of aryl methyl sites for hydroxylation is 1. The Bertz CT molecular complexity index is 829. The van der Waals surface area contributed by atoms with Gasteiger partial charge in [0.1, 0.15) is 5.75 Å². The Balaban J connectivity index is 1.62. The molecule has 2 unspecified atom stereocenters. The number of hydrogen-bond donors (Lipinski definition) is 0. The number of pyridine rings is 1. The number of piperidine rings is 1. The predicted octanol–water partition coefficient (Wildman–Crippen LogP) is 1.60. The zero-order valence-electron chi connectivity index (χ0n) is 14.5. The molecular formula is C18H22N4O3. The quantitative estimate of drug-likeness (QED) is 0.850. The van der Waals surface area contributed by atoms with Gasteiger partial charge in [0.2, 0.25) is 0 Å². The van der Waals surface area contributed by atoms with Gasteiger partial charge in [-0.25, -0.2) is 0 Å². The lowest BCUT2D eigenvalue weighted by molar-refractivity contribution is 0.0520. The average molecular weight is 342 g/mol. The first-order chi connectivity index (χ1) is 12.1. The fraction of sp³-hybridized carbons (Fsp3) is 0.500. The maximum absolute atomic E-state index is 13.2. The SMILES string of the molecule is COc1cc(=O)n(C)cc1C(=O)N1C2CCC1CC(n1cccn1)C2. The van der Waals surface area contributed by atoms with Crippen molar-refractivity contribution in [2.24, 2.45) is 7.05 Å². The van der Waals surface area contributed by atoms with Gasteiger partial charge in [-0.2, -0.15) is 5.10 Å². The van der Waals surface area contributed by atoms with E-state index in [9.17, 15) is 9.59 Å². The molecule has 0 aliphatic carbocycles. The van der Waals surface area contributed by atoms with Gasteiger partial charge in [-0.1, -0.05) is 0 Å². The lowest BCUT2D eigenvalue weighted by Crippen LogP contribution is -2.47. The molecule has 132 valence electrons. The lowest BCUT2D eigenvalue weighted by Gasteiger charge is -2.39. The summed E-state index contributed by atoms with van der Waals surface area (Å²) >= 11 is 0. The molecule has 2 aromatic rings. The van der Waals surface area contributed by atoms with Crippen molar-refractivity contribution in [1.29, 1.82) is 0 Å². The van der Waals surface area contributed by atoms with Crippen LogP contribution in [-0.4, -0.2) is 44.3 Å². The van der Waals surface area contributed by atoms with E-state index in [1.807, 2.05) is 21.8 Å². The largest absolute Gasteiger partial charge is 0.496 e. The Labute approximate surface area is 145 Å². The number of nitrogens with zero attached hydrogens (tertiary/aromatic N) is 4. The van der Waals surface area contributed by atoms with Crippen LogP contribution in [0.2, 0.25) is 0 Å². The Morgan fingerprint density at radius 3 is 2.56 bits per heavy atom. The summed E-state index contributed by atoms with van der Waals surface area (Å²) in [5.74, 6) is 0.306. The van der Waals surface area contributed by atoms with E-state index in [0.29, 0.717) is 17.4 Å². The second-order valence-corrected chi connectivity index (χ2v) is 6.91. The van der Waals surface area contributed by atoms with Crippen LogP contribution in [0.5, 0.6) is 5.75 Å². The molecule has 1 amide bonds. The minimum absolute atomic E-state index is 0.0427. The van der Waals surface area contributed by atoms with Gasteiger partial charge in [0.05, 0.1) is 18.7 Å². The van der Waals surface area contributed by atoms with Crippen molar-refractivity contribution in [3.63, 3.8) is 0 Å². The molecule has 4 heterocycles. The van der Waals surface area contributed by atoms with Crippen LogP contribution in [0.3, 0.4) is 0 Å². The molecule has 0 aromatic carbocycles. The lowest BCUT2D eigenvalue weighted by atomic mass is 9.96. The smallest absolute Gasteiger partial charge is 0.259 e. The normalized spacial score (nSPS) is 25.2. The highest BCUT2D eigenvalue weighted by Crippen LogP contribution is 2.41. The molecule has 2 fully saturated rings. The minimum atomic E-state index is -0.186. The third kappa shape index (κ3) is 2.63. The Hall–Kier alpha value is -2.57. The number of ether oxygens (including phenoxy) is 1. The summed E-state index contributed by atoms with van der Waals surface area (Å²) < 4.78 is 8.73. The molecule has 2 atom stereocenters. The van der Waals surface area contributed by atoms with Crippen LogP contribution >= 0.6 is 0 Å². The zero-order chi connectivity index (χ0) is 17.6. The van der Waals surface area contributed by atoms with Crippen molar-refractivity contribution in [3.8, 4) is 5.75 Å². The third-order valence-corrected chi connectivity index (χ3v) is 5.48. The molecule has 25 heavy (non-hydrogen) atoms. The summed E-state index contributed by atoms with van der Waals surface area (Å²) in [6.45, 7) is 0. The first kappa shape index (κ1) is 15.9. The number of hydrogen-bond acceptors (Lipinski definition) is 4. The highest BCUT2D eigenvalue weighted by molar-refractivity contribution is 5.97. The number of methoxy groups -OCH3 is 1. The molecule has 7 nitrogen and oxygen atoms in total. The number of rotatable bonds is 3. The van der Waals surface area contributed by atoms with E-state index >= 15 is 0 Å². The van der Waals surface area contributed by atoms with Crippen LogP contribution in [-0.2, 0) is 7.05 Å². The van der Waals surface area contributed by atoms with Crippen LogP contribution in [0, 0.1) is 0 Å². The van der Waals surface area contributed by atoms with Gasteiger partial charge in [0, 0.05) is 43.8 Å². The number of aromatic nitrogens is 3. The van der Waals surface area contributed by atoms with Gasteiger partial charge in [-0.15, -0.1) is 0 Å². The molecule has 0 radical (unpaired) electrons. The van der Waals surface area contributed by atoms with Gasteiger partial charge in [-0.3, -0.25) is 14.3 Å². The van der Waals surface area contributed by atoms with Gasteiger partial charge in [0.15, 0.2) is 0 Å². The van der Waals surface area contributed by atoms with E-state index in [1.165, 1.54) is 17.7 Å². The monoisotopic (exact) mass is 342 g/mol. The summed E-state index contributed by atoms with van der Waals surface area (Å²) in [7, 11) is 3.14. The summed E-state index contributed by atoms with van der Waals surface area (Å²) in [5.41, 5.74) is 0.271. The van der Waals surface area contributed by atoms with E-state index in [2.05, 4.69) is 5.10 Å². The number of amides is 1. The highest BCUT2D eigenvalue weighted by atomic mass is 16.5. The summed E-state index contributed by atoms with van der Waals surface area (Å²) in [6, 6.07) is 4.09. The number of carbonyl (C=O) groups is 1. The Kier molecular flexibility index (Phi) is 3.86. The van der Waals surface area contributed by atoms with E-state index in [0.717, 1.165) is 25.7 Å². The first-order valence-electron chi connectivity index (χ1n) is 8.65. The van der Waals surface area contributed by atoms with Crippen molar-refractivity contribution in [2.45, 2.75) is 43.8 Å². The zero-order valence-corrected chi connectivity index (χ0v) is 14.5. The topological polar surface area (TPSA) is 69.4 Å². The molecule has 0 N–H and O–H groups in total. The molecule has 2 saturated heterocycles. The van der Waals surface area contributed by atoms with Gasteiger partial charge in [0.25, 0.3) is 11.5 Å². The molecule has 7 heteroatoms. The third-order valence-electron chi connectivity index (χ3n) is 5.48. The van der Waals surface area contributed by atoms with E-state index < -0.39 is 0 Å². The number of fused-ring (bicyclic) bond motifs is 2. The second kappa shape index (κ2) is 6.06. The molecule has 2 aromatic heterocycles. The molecule has 0 saturated carbocycles. The summed E-state index contributed by atoms with van der Waals surface area (Å²) in [4.78, 5) is 27.0. The summed E-state index contributed by atoms with van der Waals surface area (Å²) in [6.07, 6.45) is 9.25. The average Bonchev–Trinajstić information content (AvgIpc) is 3.23. The molecular weight excluding hydrogens is 320 g/mol. The van der Waals surface area contributed by atoms with Crippen LogP contribution in [0.1, 0.15) is 42.1 Å². The van der Waals surface area contributed by atoms with E-state index in [4.69, 9.17) is 4.74 Å². The molecule has 0 spiro atoms. The van der Waals surface area contributed by atoms with Gasteiger partial charge >= 0.3 is 0 Å². The minimum Gasteiger partial charge on any atom is -0.496 e. The van der Waals surface area contributed by atoms with E-state index in [-0.39, 0.29) is 23.6 Å². The van der Waals surface area contributed by atoms with Crippen LogP contribution in [0.25, 0.3) is 0 Å². The standard InChI is InChI=1S/C18H22N4O3/c1-20-11-15(16(25-2)10-17(20)23)18(24)22-12-4-5-13(22)9-14(8-12)21-7-3-6-19-21/h3,6-7,10-14H,4-5,8-9H2,1-2H3. The molecule has 4 rings (SSSR count). The first-order valence-corrected chi connectivity index (χ1v) is 8.65. The maximum atomic E-state index is 13.2. The van der Waals surface area contributed by atoms with Crippen molar-refractivity contribution >= 4 is 5.91 Å². The van der Waals surface area contributed by atoms with Crippen LogP contribution in [0.4, 0.5) is 0 Å². The maximum Gasteiger partial charge on any atom is 0.259 e. The summed E-state index contributed by atoms with van der Waals surface area (Å²) in [5, 5.41) is 4.37. The van der Waals surface area contributed by atoms with Crippen molar-refractivity contribution < 1.29 is 9.53 Å². The van der Waals surface area contributed by atoms with E-state index in [1.54, 1.807) is 19.4 Å². The fourth-order valence-electron chi connectivity index (χ4n) is 4.27. The Morgan fingerprint density at radius 2 is 1.96 bits per heavy atom. The van der Waals surface area contributed by atoms with Gasteiger partial charge < -0.3 is 14.2 Å². The van der Waals surface area contributed by atoms with Crippen LogP contribution < -0.4 is 10.3 Å². The highest BCUT2D eigenvalue weighted by Gasteiger charge is 2.44. The molecule has 2 aliphatic rings. The number of carbonyl (C=O) groups excluding carboxylic acids is 1. The fourth-order valence-corrected chi connectivity index (χ4v) is 4.27. The second-order valence-electron chi connectivity index (χ2n) is 6.91.